The van der Waals surface area contributed by atoms with Gasteiger partial charge in [0.25, 0.3) is 0 Å². The van der Waals surface area contributed by atoms with E-state index in [4.69, 9.17) is 4.74 Å². The van der Waals surface area contributed by atoms with Crippen LogP contribution in [0.3, 0.4) is 0 Å². The van der Waals surface area contributed by atoms with Crippen LogP contribution in [0.2, 0.25) is 0 Å². The molecular formula is C11H12BrF2NO3S. The average Bonchev–Trinajstić information content (AvgIpc) is 2.55. The van der Waals surface area contributed by atoms with Crippen molar-refractivity contribution < 1.29 is 21.9 Å². The summed E-state index contributed by atoms with van der Waals surface area (Å²) in [4.78, 5) is -0.532. The smallest absolute Gasteiger partial charge is 0.247 e. The summed E-state index contributed by atoms with van der Waals surface area (Å²) in [5.74, 6) is -1.93. The van der Waals surface area contributed by atoms with Crippen LogP contribution in [0.4, 0.5) is 8.78 Å². The minimum atomic E-state index is -4.00. The summed E-state index contributed by atoms with van der Waals surface area (Å²) in [6, 6.07) is 1.50. The van der Waals surface area contributed by atoms with Gasteiger partial charge in [-0.2, -0.15) is 4.31 Å². The van der Waals surface area contributed by atoms with Crippen LogP contribution in [-0.2, 0) is 14.8 Å². The third-order valence-electron chi connectivity index (χ3n) is 2.74. The van der Waals surface area contributed by atoms with Crippen LogP contribution >= 0.6 is 15.9 Å². The van der Waals surface area contributed by atoms with Gasteiger partial charge in [-0.05, 0) is 28.4 Å². The van der Waals surface area contributed by atoms with Crippen molar-refractivity contribution in [2.24, 2.45) is 0 Å². The number of hydrogen-bond donors (Lipinski definition) is 0. The van der Waals surface area contributed by atoms with Crippen molar-refractivity contribution in [2.75, 3.05) is 26.3 Å². The summed E-state index contributed by atoms with van der Waals surface area (Å²) >= 11 is 2.90. The van der Waals surface area contributed by atoms with Gasteiger partial charge >= 0.3 is 0 Å². The van der Waals surface area contributed by atoms with Crippen molar-refractivity contribution >= 4 is 26.0 Å². The molecule has 0 unspecified atom stereocenters. The number of hydrogen-bond acceptors (Lipinski definition) is 3. The average molecular weight is 356 g/mol. The Morgan fingerprint density at radius 1 is 1.21 bits per heavy atom. The van der Waals surface area contributed by atoms with E-state index < -0.39 is 26.6 Å². The van der Waals surface area contributed by atoms with Crippen molar-refractivity contribution in [1.29, 1.82) is 0 Å². The van der Waals surface area contributed by atoms with Gasteiger partial charge in [-0.1, -0.05) is 0 Å². The molecule has 1 aliphatic heterocycles. The Morgan fingerprint density at radius 2 is 1.95 bits per heavy atom. The Kier molecular flexibility index (Phi) is 4.54. The highest BCUT2D eigenvalue weighted by Gasteiger charge is 2.30. The van der Waals surface area contributed by atoms with Crippen LogP contribution in [0.15, 0.2) is 21.5 Å². The summed E-state index contributed by atoms with van der Waals surface area (Å²) < 4.78 is 57.7. The Hall–Kier alpha value is -0.570. The van der Waals surface area contributed by atoms with E-state index in [1.807, 2.05) is 0 Å². The molecule has 1 aromatic rings. The molecule has 0 atom stereocenters. The van der Waals surface area contributed by atoms with Gasteiger partial charge < -0.3 is 4.74 Å². The third-order valence-corrected chi connectivity index (χ3v) is 5.61. The van der Waals surface area contributed by atoms with Gasteiger partial charge in [0.2, 0.25) is 10.0 Å². The Balaban J connectivity index is 2.44. The van der Waals surface area contributed by atoms with Crippen LogP contribution in [-0.4, -0.2) is 39.0 Å². The van der Waals surface area contributed by atoms with E-state index in [-0.39, 0.29) is 24.2 Å². The quantitative estimate of drug-likeness (QED) is 0.816. The number of sulfonamides is 1. The first-order valence-electron chi connectivity index (χ1n) is 5.65. The SMILES string of the molecule is O=S(=O)(c1c(F)cc(F)cc1Br)N1CCCOCC1. The molecule has 1 heterocycles. The van der Waals surface area contributed by atoms with Crippen LogP contribution in [0, 0.1) is 11.6 Å². The topological polar surface area (TPSA) is 46.6 Å². The summed E-state index contributed by atoms with van der Waals surface area (Å²) in [6.45, 7) is 1.15. The van der Waals surface area contributed by atoms with Crippen LogP contribution in [0.5, 0.6) is 0 Å². The monoisotopic (exact) mass is 355 g/mol. The zero-order valence-electron chi connectivity index (χ0n) is 9.90. The van der Waals surface area contributed by atoms with Crippen LogP contribution in [0.25, 0.3) is 0 Å². The van der Waals surface area contributed by atoms with Crippen molar-refractivity contribution in [3.63, 3.8) is 0 Å². The maximum absolute atomic E-state index is 13.8. The number of halogens is 3. The maximum atomic E-state index is 13.8. The minimum absolute atomic E-state index is 0.116. The molecule has 1 fully saturated rings. The van der Waals surface area contributed by atoms with Crippen LogP contribution < -0.4 is 0 Å². The normalized spacial score (nSPS) is 18.3. The first kappa shape index (κ1) is 14.8. The summed E-state index contributed by atoms with van der Waals surface area (Å²) in [5.41, 5.74) is 0. The van der Waals surface area contributed by atoms with E-state index in [0.29, 0.717) is 19.1 Å². The number of ether oxygens (including phenoxy) is 1. The predicted octanol–water partition coefficient (Wildman–Crippen LogP) is 2.14. The van der Waals surface area contributed by atoms with E-state index >= 15 is 0 Å². The Labute approximate surface area is 118 Å². The van der Waals surface area contributed by atoms with Gasteiger partial charge in [0.1, 0.15) is 16.5 Å². The zero-order valence-corrected chi connectivity index (χ0v) is 12.3. The van der Waals surface area contributed by atoms with Crippen molar-refractivity contribution in [3.05, 3.63) is 28.2 Å². The lowest BCUT2D eigenvalue weighted by Gasteiger charge is -2.20. The van der Waals surface area contributed by atoms with Gasteiger partial charge in [-0.25, -0.2) is 17.2 Å². The molecule has 1 saturated heterocycles. The summed E-state index contributed by atoms with van der Waals surface area (Å²) in [6.07, 6.45) is 0.541. The summed E-state index contributed by atoms with van der Waals surface area (Å²) in [7, 11) is -4.00. The third kappa shape index (κ3) is 3.13. The molecule has 19 heavy (non-hydrogen) atoms. The fraction of sp³-hybridized carbons (Fsp3) is 0.455. The Morgan fingerprint density at radius 3 is 2.63 bits per heavy atom. The molecule has 1 aromatic carbocycles. The van der Waals surface area contributed by atoms with Gasteiger partial charge in [0.05, 0.1) is 6.61 Å². The molecule has 4 nitrogen and oxygen atoms in total. The number of benzene rings is 1. The lowest BCUT2D eigenvalue weighted by Crippen LogP contribution is -2.34. The molecule has 0 radical (unpaired) electrons. The first-order valence-corrected chi connectivity index (χ1v) is 7.88. The van der Waals surface area contributed by atoms with Gasteiger partial charge in [0, 0.05) is 30.2 Å². The lowest BCUT2D eigenvalue weighted by atomic mass is 10.3. The molecule has 0 spiro atoms. The molecule has 8 heteroatoms. The van der Waals surface area contributed by atoms with Gasteiger partial charge in [-0.3, -0.25) is 0 Å². The molecule has 0 N–H and O–H groups in total. The fourth-order valence-corrected chi connectivity index (χ4v) is 4.44. The largest absolute Gasteiger partial charge is 0.380 e. The van der Waals surface area contributed by atoms with Crippen molar-refractivity contribution in [3.8, 4) is 0 Å². The van der Waals surface area contributed by atoms with Gasteiger partial charge in [0.15, 0.2) is 0 Å². The van der Waals surface area contributed by atoms with Crippen molar-refractivity contribution in [2.45, 2.75) is 11.3 Å². The second-order valence-corrected chi connectivity index (χ2v) is 6.80. The highest BCUT2D eigenvalue weighted by Crippen LogP contribution is 2.29. The van der Waals surface area contributed by atoms with E-state index in [1.165, 1.54) is 0 Å². The molecule has 0 aromatic heterocycles. The van der Waals surface area contributed by atoms with Crippen LogP contribution in [0.1, 0.15) is 6.42 Å². The predicted molar refractivity (Wildman–Crippen MR) is 68.3 cm³/mol. The molecule has 0 aliphatic carbocycles. The van der Waals surface area contributed by atoms with E-state index in [1.54, 1.807) is 0 Å². The van der Waals surface area contributed by atoms with Crippen molar-refractivity contribution in [1.82, 2.24) is 4.31 Å². The molecule has 0 bridgehead atoms. The lowest BCUT2D eigenvalue weighted by molar-refractivity contribution is 0.148. The number of rotatable bonds is 2. The first-order chi connectivity index (χ1) is 8.93. The van der Waals surface area contributed by atoms with E-state index in [2.05, 4.69) is 15.9 Å². The van der Waals surface area contributed by atoms with E-state index in [0.717, 1.165) is 10.4 Å². The van der Waals surface area contributed by atoms with Gasteiger partial charge in [-0.15, -0.1) is 0 Å². The molecule has 106 valence electrons. The molecule has 0 amide bonds. The zero-order chi connectivity index (χ0) is 14.0. The molecule has 2 rings (SSSR count). The minimum Gasteiger partial charge on any atom is -0.380 e. The maximum Gasteiger partial charge on any atom is 0.247 e. The molecule has 1 aliphatic rings. The fourth-order valence-electron chi connectivity index (χ4n) is 1.87. The molecule has 0 saturated carbocycles. The standard InChI is InChI=1S/C11H12BrF2NO3S/c12-9-6-8(13)7-10(14)11(9)19(16,17)15-2-1-4-18-5-3-15/h6-7H,1-5H2. The molecular weight excluding hydrogens is 344 g/mol. The highest BCUT2D eigenvalue weighted by atomic mass is 79.9. The van der Waals surface area contributed by atoms with E-state index in [9.17, 15) is 17.2 Å². The summed E-state index contributed by atoms with van der Waals surface area (Å²) in [5, 5.41) is 0. The Bertz CT molecular complexity index is 548. The number of nitrogens with zero attached hydrogens (tertiary/aromatic N) is 1. The second kappa shape index (κ2) is 5.82. The highest BCUT2D eigenvalue weighted by molar-refractivity contribution is 9.10. The second-order valence-electron chi connectivity index (χ2n) is 4.07.